The Kier molecular flexibility index (Phi) is 9.46. The third-order valence-corrected chi connectivity index (χ3v) is 7.40. The Bertz CT molecular complexity index is 1220. The van der Waals surface area contributed by atoms with Crippen LogP contribution in [0.5, 0.6) is 5.75 Å². The van der Waals surface area contributed by atoms with Crippen molar-refractivity contribution in [1.29, 1.82) is 0 Å². The number of aliphatic hydroxyl groups excluding tert-OH is 1. The van der Waals surface area contributed by atoms with E-state index >= 15 is 0 Å². The minimum absolute atomic E-state index is 0.208. The van der Waals surface area contributed by atoms with Gasteiger partial charge in [0.25, 0.3) is 5.56 Å². The number of para-hydroxylation sites is 1. The van der Waals surface area contributed by atoms with Crippen LogP contribution in [0.25, 0.3) is 0 Å². The molecule has 1 aromatic carbocycles. The Morgan fingerprint density at radius 3 is 2.68 bits per heavy atom. The molecule has 0 aliphatic carbocycles. The lowest BCUT2D eigenvalue weighted by molar-refractivity contribution is -0.145. The number of aliphatic hydroxyl groups is 1. The average Bonchev–Trinajstić information content (AvgIpc) is 3.07. The highest BCUT2D eigenvalue weighted by molar-refractivity contribution is 7.52. The molecule has 0 saturated carbocycles. The molecule has 2 aromatic rings. The molecule has 3 rings (SSSR count). The number of ether oxygens (including phenoxy) is 2. The quantitative estimate of drug-likeness (QED) is 0.171. The number of hydrogen-bond donors (Lipinski definition) is 4. The number of nitrogens with one attached hydrogen (secondary N) is 2. The SMILES string of the molecule is CCCCOC(=O)[C@H](C)NP(=O)(OC[C@H]1O[C@@H](n2ccc(=O)[nH]c2=O)[C@](C)(N)[C@@H]1O)Oc1ccccc1. The highest BCUT2D eigenvalue weighted by Gasteiger charge is 2.52. The van der Waals surface area contributed by atoms with Crippen LogP contribution in [-0.4, -0.2) is 57.6 Å². The van der Waals surface area contributed by atoms with E-state index in [1.807, 2.05) is 6.92 Å². The van der Waals surface area contributed by atoms with Gasteiger partial charge in [-0.2, -0.15) is 5.09 Å². The first-order valence-electron chi connectivity index (χ1n) is 11.8. The maximum atomic E-state index is 13.7. The van der Waals surface area contributed by atoms with Crippen molar-refractivity contribution in [2.75, 3.05) is 13.2 Å². The zero-order valence-corrected chi connectivity index (χ0v) is 21.8. The first-order chi connectivity index (χ1) is 17.5. The van der Waals surface area contributed by atoms with Gasteiger partial charge >= 0.3 is 19.4 Å². The molecule has 0 amide bonds. The number of aromatic amines is 1. The number of nitrogens with zero attached hydrogens (tertiary/aromatic N) is 1. The number of carbonyl (C=O) groups excluding carboxylic acids is 1. The van der Waals surface area contributed by atoms with E-state index in [0.29, 0.717) is 6.42 Å². The van der Waals surface area contributed by atoms with Crippen molar-refractivity contribution in [2.45, 2.75) is 63.6 Å². The largest absolute Gasteiger partial charge is 0.465 e. The van der Waals surface area contributed by atoms with Crippen LogP contribution >= 0.6 is 7.75 Å². The highest BCUT2D eigenvalue weighted by Crippen LogP contribution is 2.46. The van der Waals surface area contributed by atoms with Gasteiger partial charge in [-0.25, -0.2) is 9.36 Å². The monoisotopic (exact) mass is 540 g/mol. The van der Waals surface area contributed by atoms with E-state index in [1.54, 1.807) is 30.3 Å². The number of nitrogens with two attached hydrogens (primary N) is 1. The predicted octanol–water partition coefficient (Wildman–Crippen LogP) is 1.04. The number of H-pyrrole nitrogens is 1. The van der Waals surface area contributed by atoms with Gasteiger partial charge < -0.3 is 24.8 Å². The van der Waals surface area contributed by atoms with Crippen molar-refractivity contribution in [3.8, 4) is 5.75 Å². The van der Waals surface area contributed by atoms with E-state index in [1.165, 1.54) is 20.0 Å². The molecular weight excluding hydrogens is 507 g/mol. The minimum Gasteiger partial charge on any atom is -0.465 e. The van der Waals surface area contributed by atoms with Gasteiger partial charge in [0.15, 0.2) is 6.23 Å². The number of rotatable bonds is 12. The van der Waals surface area contributed by atoms with Crippen LogP contribution in [0.4, 0.5) is 0 Å². The molecule has 0 radical (unpaired) electrons. The van der Waals surface area contributed by atoms with E-state index < -0.39 is 61.6 Å². The van der Waals surface area contributed by atoms with E-state index in [-0.39, 0.29) is 12.4 Å². The van der Waals surface area contributed by atoms with Crippen LogP contribution < -0.4 is 26.6 Å². The number of unbranched alkanes of at least 4 members (excludes halogenated alkanes) is 1. The van der Waals surface area contributed by atoms with Gasteiger partial charge in [0.1, 0.15) is 24.0 Å². The van der Waals surface area contributed by atoms with Gasteiger partial charge in [0.2, 0.25) is 0 Å². The summed E-state index contributed by atoms with van der Waals surface area (Å²) in [5.41, 5.74) is 3.41. The van der Waals surface area contributed by atoms with Crippen molar-refractivity contribution in [2.24, 2.45) is 5.73 Å². The second-order valence-electron chi connectivity index (χ2n) is 8.92. The standard InChI is InChI=1S/C23H33N4O9P/c1-4-5-13-33-20(30)15(2)26-37(32,36-16-9-7-6-8-10-16)34-14-17-19(29)23(3,24)21(35-17)27-12-11-18(28)25-22(27)31/h6-12,15,17,19,21,29H,4-5,13-14,24H2,1-3H3,(H,26,32)(H,25,28,31)/t15-,17+,19+,21+,23+,37?/m0/s1. The van der Waals surface area contributed by atoms with Crippen LogP contribution in [-0.2, 0) is 23.4 Å². The van der Waals surface area contributed by atoms with Crippen molar-refractivity contribution in [1.82, 2.24) is 14.6 Å². The Hall–Kier alpha value is -2.80. The maximum absolute atomic E-state index is 13.7. The lowest BCUT2D eigenvalue weighted by Crippen LogP contribution is -2.53. The minimum atomic E-state index is -4.22. The molecule has 14 heteroatoms. The lowest BCUT2D eigenvalue weighted by Gasteiger charge is -2.28. The first kappa shape index (κ1) is 28.8. The van der Waals surface area contributed by atoms with Gasteiger partial charge in [-0.3, -0.25) is 23.7 Å². The van der Waals surface area contributed by atoms with Crippen LogP contribution in [0, 0.1) is 0 Å². The van der Waals surface area contributed by atoms with E-state index in [0.717, 1.165) is 17.1 Å². The van der Waals surface area contributed by atoms with E-state index in [9.17, 15) is 24.1 Å². The summed E-state index contributed by atoms with van der Waals surface area (Å²) in [4.78, 5) is 38.1. The zero-order chi connectivity index (χ0) is 27.2. The highest BCUT2D eigenvalue weighted by atomic mass is 31.2. The summed E-state index contributed by atoms with van der Waals surface area (Å²) in [7, 11) is -4.22. The summed E-state index contributed by atoms with van der Waals surface area (Å²) in [6, 6.07) is 8.24. The average molecular weight is 541 g/mol. The molecule has 1 fully saturated rings. The number of benzene rings is 1. The summed E-state index contributed by atoms with van der Waals surface area (Å²) < 4.78 is 36.9. The smallest absolute Gasteiger partial charge is 0.459 e. The Morgan fingerprint density at radius 2 is 2.03 bits per heavy atom. The molecule has 6 atom stereocenters. The van der Waals surface area contributed by atoms with Crippen molar-refractivity contribution < 1.29 is 33.0 Å². The van der Waals surface area contributed by atoms with E-state index in [2.05, 4.69) is 10.1 Å². The topological polar surface area (TPSA) is 184 Å². The molecule has 1 aliphatic rings. The molecule has 1 saturated heterocycles. The predicted molar refractivity (Wildman–Crippen MR) is 133 cm³/mol. The summed E-state index contributed by atoms with van der Waals surface area (Å²) in [6.45, 7) is 4.61. The Balaban J connectivity index is 1.77. The van der Waals surface area contributed by atoms with Gasteiger partial charge in [0.05, 0.1) is 18.8 Å². The van der Waals surface area contributed by atoms with Crippen molar-refractivity contribution in [3.05, 3.63) is 63.4 Å². The van der Waals surface area contributed by atoms with E-state index in [4.69, 9.17) is 24.3 Å². The van der Waals surface area contributed by atoms with Crippen LogP contribution in [0.15, 0.2) is 52.2 Å². The third-order valence-electron chi connectivity index (χ3n) is 5.75. The number of carbonyl (C=O) groups is 1. The summed E-state index contributed by atoms with van der Waals surface area (Å²) >= 11 is 0. The summed E-state index contributed by atoms with van der Waals surface area (Å²) in [5.74, 6) is -0.433. The van der Waals surface area contributed by atoms with Crippen LogP contribution in [0.2, 0.25) is 0 Å². The Morgan fingerprint density at radius 1 is 1.32 bits per heavy atom. The molecule has 1 aliphatic heterocycles. The fraction of sp³-hybridized carbons (Fsp3) is 0.522. The van der Waals surface area contributed by atoms with Crippen LogP contribution in [0.1, 0.15) is 39.8 Å². The number of hydrogen-bond acceptors (Lipinski definition) is 10. The number of esters is 1. The second-order valence-corrected chi connectivity index (χ2v) is 10.6. The molecule has 5 N–H and O–H groups in total. The van der Waals surface area contributed by atoms with Gasteiger partial charge in [-0.15, -0.1) is 0 Å². The third kappa shape index (κ3) is 7.16. The molecule has 0 spiro atoms. The molecule has 2 heterocycles. The lowest BCUT2D eigenvalue weighted by atomic mass is 9.93. The maximum Gasteiger partial charge on any atom is 0.459 e. The van der Waals surface area contributed by atoms with Gasteiger partial charge in [0, 0.05) is 12.3 Å². The molecule has 1 unspecified atom stereocenters. The molecule has 0 bridgehead atoms. The van der Waals surface area contributed by atoms with Crippen molar-refractivity contribution in [3.63, 3.8) is 0 Å². The number of aromatic nitrogens is 2. The normalized spacial score (nSPS) is 25.8. The van der Waals surface area contributed by atoms with Crippen molar-refractivity contribution >= 4 is 13.7 Å². The summed E-state index contributed by atoms with van der Waals surface area (Å²) in [6.07, 6.45) is -0.956. The molecular formula is C23H33N4O9P. The molecule has 37 heavy (non-hydrogen) atoms. The Labute approximate surface area is 213 Å². The first-order valence-corrected chi connectivity index (χ1v) is 13.4. The molecule has 13 nitrogen and oxygen atoms in total. The van der Waals surface area contributed by atoms with Gasteiger partial charge in [-0.05, 0) is 32.4 Å². The molecule has 204 valence electrons. The fourth-order valence-electron chi connectivity index (χ4n) is 3.65. The van der Waals surface area contributed by atoms with Gasteiger partial charge in [-0.1, -0.05) is 31.5 Å². The zero-order valence-electron chi connectivity index (χ0n) is 20.9. The summed E-state index contributed by atoms with van der Waals surface area (Å²) in [5, 5.41) is 13.4. The van der Waals surface area contributed by atoms with Crippen LogP contribution in [0.3, 0.4) is 0 Å². The second kappa shape index (κ2) is 12.2. The molecule has 1 aromatic heterocycles. The fourth-order valence-corrected chi connectivity index (χ4v) is 5.16.